The molecule has 0 bridgehead atoms. The number of hydrogen-bond donors (Lipinski definition) is 1. The fourth-order valence-corrected chi connectivity index (χ4v) is 3.72. The van der Waals surface area contributed by atoms with Crippen LogP contribution >= 0.6 is 0 Å². The number of nitrogens with zero attached hydrogens (tertiary/aromatic N) is 5. The zero-order valence-corrected chi connectivity index (χ0v) is 15.3. The second kappa shape index (κ2) is 8.16. The van der Waals surface area contributed by atoms with E-state index < -0.39 is 0 Å². The first kappa shape index (κ1) is 17.5. The molecule has 1 N–H and O–H groups in total. The summed E-state index contributed by atoms with van der Waals surface area (Å²) in [7, 11) is 0. The third-order valence-corrected chi connectivity index (χ3v) is 5.15. The van der Waals surface area contributed by atoms with Crippen LogP contribution in [0.4, 0.5) is 0 Å². The molecule has 2 aromatic heterocycles. The van der Waals surface area contributed by atoms with Gasteiger partial charge in [0.1, 0.15) is 12.7 Å². The van der Waals surface area contributed by atoms with Gasteiger partial charge in [-0.25, -0.2) is 9.97 Å². The lowest BCUT2D eigenvalue weighted by atomic mass is 9.91. The normalized spacial score (nSPS) is 16.3. The van der Waals surface area contributed by atoms with Crippen molar-refractivity contribution in [3.63, 3.8) is 0 Å². The largest absolute Gasteiger partial charge is 0.347 e. The minimum absolute atomic E-state index is 0.195. The predicted octanol–water partition coefficient (Wildman–Crippen LogP) is 2.54. The zero-order chi connectivity index (χ0) is 18.5. The highest BCUT2D eigenvalue weighted by Crippen LogP contribution is 2.30. The summed E-state index contributed by atoms with van der Waals surface area (Å²) in [5.74, 6) is 0.472. The molecule has 0 saturated carbocycles. The van der Waals surface area contributed by atoms with Gasteiger partial charge in [-0.3, -0.25) is 9.48 Å². The molecule has 0 saturated heterocycles. The predicted molar refractivity (Wildman–Crippen MR) is 101 cm³/mol. The standard InChI is InChI=1S/C20H24N6O/c27-19(7-4-10-26-15-21-13-24-26)25-11-17(20-18(12-25)22-14-23-20)9-8-16-5-2-1-3-6-16/h1-3,5-6,13-15,17H,4,7-12H2,(H,22,23). The highest BCUT2D eigenvalue weighted by molar-refractivity contribution is 5.76. The highest BCUT2D eigenvalue weighted by Gasteiger charge is 2.29. The van der Waals surface area contributed by atoms with Gasteiger partial charge < -0.3 is 9.88 Å². The van der Waals surface area contributed by atoms with Crippen LogP contribution in [-0.2, 0) is 24.3 Å². The second-order valence-corrected chi connectivity index (χ2v) is 7.02. The van der Waals surface area contributed by atoms with Gasteiger partial charge in [0.2, 0.25) is 5.91 Å². The van der Waals surface area contributed by atoms with Crippen molar-refractivity contribution in [2.75, 3.05) is 6.54 Å². The van der Waals surface area contributed by atoms with Gasteiger partial charge in [0.15, 0.2) is 0 Å². The van der Waals surface area contributed by atoms with Crippen LogP contribution in [0.3, 0.4) is 0 Å². The van der Waals surface area contributed by atoms with E-state index in [9.17, 15) is 4.79 Å². The molecule has 1 aromatic carbocycles. The van der Waals surface area contributed by atoms with Crippen LogP contribution in [0.25, 0.3) is 0 Å². The summed E-state index contributed by atoms with van der Waals surface area (Å²) in [5.41, 5.74) is 3.52. The number of H-pyrrole nitrogens is 1. The summed E-state index contributed by atoms with van der Waals surface area (Å²) in [6, 6.07) is 10.5. The van der Waals surface area contributed by atoms with Crippen molar-refractivity contribution in [2.45, 2.75) is 44.7 Å². The molecular weight excluding hydrogens is 340 g/mol. The van der Waals surface area contributed by atoms with Gasteiger partial charge in [0, 0.05) is 25.4 Å². The van der Waals surface area contributed by atoms with Crippen molar-refractivity contribution in [3.8, 4) is 0 Å². The molecule has 7 nitrogen and oxygen atoms in total. The van der Waals surface area contributed by atoms with Crippen LogP contribution in [0, 0.1) is 0 Å². The van der Waals surface area contributed by atoms with Crippen molar-refractivity contribution in [1.82, 2.24) is 29.6 Å². The lowest BCUT2D eigenvalue weighted by molar-refractivity contribution is -0.132. The molecule has 1 aliphatic heterocycles. The molecule has 1 amide bonds. The maximum absolute atomic E-state index is 12.7. The Morgan fingerprint density at radius 1 is 1.26 bits per heavy atom. The van der Waals surface area contributed by atoms with Crippen molar-refractivity contribution in [3.05, 3.63) is 66.3 Å². The SMILES string of the molecule is O=C(CCCn1cncn1)N1Cc2[nH]cnc2C(CCc2ccccc2)C1. The molecule has 3 heterocycles. The molecule has 0 fully saturated rings. The van der Waals surface area contributed by atoms with E-state index in [0.29, 0.717) is 19.5 Å². The highest BCUT2D eigenvalue weighted by atomic mass is 16.2. The number of nitrogens with one attached hydrogen (secondary N) is 1. The Bertz CT molecular complexity index is 858. The first-order valence-electron chi connectivity index (χ1n) is 9.46. The molecule has 0 radical (unpaired) electrons. The molecule has 1 atom stereocenters. The molecule has 1 unspecified atom stereocenters. The molecular formula is C20H24N6O. The van der Waals surface area contributed by atoms with E-state index in [-0.39, 0.29) is 11.8 Å². The van der Waals surface area contributed by atoms with Crippen molar-refractivity contribution in [1.29, 1.82) is 0 Å². The Balaban J connectivity index is 1.36. The minimum Gasteiger partial charge on any atom is -0.347 e. The summed E-state index contributed by atoms with van der Waals surface area (Å²) < 4.78 is 1.76. The third-order valence-electron chi connectivity index (χ3n) is 5.15. The number of benzene rings is 1. The summed E-state index contributed by atoms with van der Waals surface area (Å²) in [6.45, 7) is 2.08. The first-order valence-corrected chi connectivity index (χ1v) is 9.46. The summed E-state index contributed by atoms with van der Waals surface area (Å²) in [6.07, 6.45) is 8.22. The number of aromatic nitrogens is 5. The van der Waals surface area contributed by atoms with E-state index in [1.54, 1.807) is 17.3 Å². The quantitative estimate of drug-likeness (QED) is 0.699. The van der Waals surface area contributed by atoms with Crippen LogP contribution in [0.2, 0.25) is 0 Å². The Morgan fingerprint density at radius 2 is 2.15 bits per heavy atom. The van der Waals surface area contributed by atoms with Gasteiger partial charge in [-0.15, -0.1) is 0 Å². The monoisotopic (exact) mass is 364 g/mol. The minimum atomic E-state index is 0.195. The molecule has 27 heavy (non-hydrogen) atoms. The smallest absolute Gasteiger partial charge is 0.223 e. The maximum atomic E-state index is 12.7. The number of aromatic amines is 1. The molecule has 1 aliphatic rings. The number of fused-ring (bicyclic) bond motifs is 1. The Labute approximate surface area is 158 Å². The molecule has 0 spiro atoms. The van der Waals surface area contributed by atoms with E-state index in [1.165, 1.54) is 11.9 Å². The number of aryl methyl sites for hydroxylation is 2. The third kappa shape index (κ3) is 4.24. The van der Waals surface area contributed by atoms with Crippen molar-refractivity contribution < 1.29 is 4.79 Å². The molecule has 4 rings (SSSR count). The van der Waals surface area contributed by atoms with E-state index in [4.69, 9.17) is 0 Å². The maximum Gasteiger partial charge on any atom is 0.223 e. The van der Waals surface area contributed by atoms with Gasteiger partial charge >= 0.3 is 0 Å². The molecule has 0 aliphatic carbocycles. The second-order valence-electron chi connectivity index (χ2n) is 7.02. The van der Waals surface area contributed by atoms with Crippen molar-refractivity contribution >= 4 is 5.91 Å². The summed E-state index contributed by atoms with van der Waals surface area (Å²) >= 11 is 0. The zero-order valence-electron chi connectivity index (χ0n) is 15.3. The van der Waals surface area contributed by atoms with E-state index >= 15 is 0 Å². The van der Waals surface area contributed by atoms with Gasteiger partial charge in [-0.1, -0.05) is 30.3 Å². The van der Waals surface area contributed by atoms with Crippen LogP contribution in [0.1, 0.15) is 42.1 Å². The van der Waals surface area contributed by atoms with Crippen LogP contribution in [0.5, 0.6) is 0 Å². The lowest BCUT2D eigenvalue weighted by Crippen LogP contribution is -2.38. The average Bonchev–Trinajstić information content (AvgIpc) is 3.38. The van der Waals surface area contributed by atoms with Crippen LogP contribution in [0.15, 0.2) is 49.3 Å². The van der Waals surface area contributed by atoms with Gasteiger partial charge in [0.05, 0.1) is 24.3 Å². The van der Waals surface area contributed by atoms with E-state index in [1.807, 2.05) is 11.0 Å². The summed E-state index contributed by atoms with van der Waals surface area (Å²) in [5, 5.41) is 4.08. The van der Waals surface area contributed by atoms with Crippen LogP contribution in [-0.4, -0.2) is 42.1 Å². The lowest BCUT2D eigenvalue weighted by Gasteiger charge is -2.32. The van der Waals surface area contributed by atoms with Gasteiger partial charge in [-0.05, 0) is 24.8 Å². The first-order chi connectivity index (χ1) is 13.3. The molecule has 140 valence electrons. The molecule has 7 heteroatoms. The number of amides is 1. The Hall–Kier alpha value is -2.96. The Kier molecular flexibility index (Phi) is 5.27. The van der Waals surface area contributed by atoms with E-state index in [2.05, 4.69) is 44.3 Å². The van der Waals surface area contributed by atoms with Gasteiger partial charge in [0.25, 0.3) is 0 Å². The number of carbonyl (C=O) groups excluding carboxylic acids is 1. The van der Waals surface area contributed by atoms with Crippen LogP contribution < -0.4 is 0 Å². The number of hydrogen-bond acceptors (Lipinski definition) is 4. The topological polar surface area (TPSA) is 79.7 Å². The fraction of sp³-hybridized carbons (Fsp3) is 0.400. The number of rotatable bonds is 7. The fourth-order valence-electron chi connectivity index (χ4n) is 3.72. The number of imidazole rings is 1. The van der Waals surface area contributed by atoms with E-state index in [0.717, 1.165) is 37.2 Å². The van der Waals surface area contributed by atoms with Crippen molar-refractivity contribution in [2.24, 2.45) is 0 Å². The Morgan fingerprint density at radius 3 is 2.96 bits per heavy atom. The van der Waals surface area contributed by atoms with Gasteiger partial charge in [-0.2, -0.15) is 5.10 Å². The molecule has 3 aromatic rings. The summed E-state index contributed by atoms with van der Waals surface area (Å²) in [4.78, 5) is 26.4. The number of carbonyl (C=O) groups is 1. The average molecular weight is 364 g/mol.